The molecular formula is C22H16F2N4O5S2. The molecule has 35 heavy (non-hydrogen) atoms. The monoisotopic (exact) mass is 518 g/mol. The number of urea groups is 1. The number of fused-ring (bicyclic) bond motifs is 1. The number of nitro benzene ring substituents is 1. The van der Waals surface area contributed by atoms with Crippen molar-refractivity contribution in [1.82, 2.24) is 10.3 Å². The highest BCUT2D eigenvalue weighted by Crippen LogP contribution is 2.36. The van der Waals surface area contributed by atoms with E-state index in [-0.39, 0.29) is 43.6 Å². The van der Waals surface area contributed by atoms with Crippen LogP contribution in [0.1, 0.15) is 11.1 Å². The van der Waals surface area contributed by atoms with E-state index in [0.717, 1.165) is 23.5 Å². The van der Waals surface area contributed by atoms with Crippen molar-refractivity contribution in [3.05, 3.63) is 93.5 Å². The number of sulfone groups is 1. The summed E-state index contributed by atoms with van der Waals surface area (Å²) < 4.78 is 52.6. The molecule has 0 radical (unpaired) electrons. The first kappa shape index (κ1) is 24.2. The summed E-state index contributed by atoms with van der Waals surface area (Å²) in [7, 11) is -3.91. The first-order chi connectivity index (χ1) is 16.6. The number of aromatic nitrogens is 1. The minimum absolute atomic E-state index is 0.0160. The molecule has 0 aliphatic heterocycles. The van der Waals surface area contributed by atoms with Gasteiger partial charge in [0, 0.05) is 18.7 Å². The van der Waals surface area contributed by atoms with Gasteiger partial charge in [-0.05, 0) is 35.9 Å². The van der Waals surface area contributed by atoms with Gasteiger partial charge in [0.15, 0.2) is 15.0 Å². The van der Waals surface area contributed by atoms with E-state index in [1.54, 1.807) is 18.2 Å². The van der Waals surface area contributed by atoms with Crippen molar-refractivity contribution in [2.24, 2.45) is 0 Å². The maximum Gasteiger partial charge on any atom is 0.321 e. The molecule has 9 nitrogen and oxygen atoms in total. The lowest BCUT2D eigenvalue weighted by Gasteiger charge is -2.06. The molecule has 2 N–H and O–H groups in total. The molecule has 13 heteroatoms. The lowest BCUT2D eigenvalue weighted by Crippen LogP contribution is -2.28. The van der Waals surface area contributed by atoms with E-state index in [0.29, 0.717) is 6.07 Å². The molecule has 180 valence electrons. The molecule has 1 heterocycles. The van der Waals surface area contributed by atoms with Gasteiger partial charge < -0.3 is 5.32 Å². The Balaban J connectivity index is 1.59. The summed E-state index contributed by atoms with van der Waals surface area (Å²) in [4.78, 5) is 27.4. The van der Waals surface area contributed by atoms with Crippen LogP contribution < -0.4 is 10.6 Å². The van der Waals surface area contributed by atoms with Crippen LogP contribution in [0.5, 0.6) is 0 Å². The number of thiazole rings is 1. The van der Waals surface area contributed by atoms with Gasteiger partial charge in [0.05, 0.1) is 31.4 Å². The Labute approximate surface area is 201 Å². The van der Waals surface area contributed by atoms with Crippen LogP contribution in [0.4, 0.5) is 24.4 Å². The third-order valence-electron chi connectivity index (χ3n) is 4.86. The van der Waals surface area contributed by atoms with Gasteiger partial charge in [0.1, 0.15) is 11.6 Å². The van der Waals surface area contributed by atoms with Crippen LogP contribution in [0.25, 0.3) is 10.2 Å². The van der Waals surface area contributed by atoms with Crippen molar-refractivity contribution < 1.29 is 26.9 Å². The van der Waals surface area contributed by atoms with Crippen molar-refractivity contribution in [3.63, 3.8) is 0 Å². The summed E-state index contributed by atoms with van der Waals surface area (Å²) in [6, 6.07) is 12.2. The molecule has 2 amide bonds. The first-order valence-corrected chi connectivity index (χ1v) is 12.4. The highest BCUT2D eigenvalue weighted by Gasteiger charge is 2.26. The number of nitrogens with one attached hydrogen (secondary N) is 2. The first-order valence-electron chi connectivity index (χ1n) is 9.97. The Morgan fingerprint density at radius 3 is 2.40 bits per heavy atom. The third kappa shape index (κ3) is 5.58. The van der Waals surface area contributed by atoms with Crippen molar-refractivity contribution >= 4 is 48.2 Å². The molecular weight excluding hydrogens is 502 g/mol. The fraction of sp³-hybridized carbons (Fsp3) is 0.0909. The molecule has 4 aromatic rings. The second-order valence-corrected chi connectivity index (χ2v) is 10.3. The van der Waals surface area contributed by atoms with Crippen LogP contribution in [0.2, 0.25) is 0 Å². The van der Waals surface area contributed by atoms with E-state index >= 15 is 0 Å². The number of carbonyl (C=O) groups excluding carboxylic acids is 1. The Morgan fingerprint density at radius 1 is 1.06 bits per heavy atom. The Hall–Kier alpha value is -3.97. The molecule has 0 aliphatic rings. The number of nitrogens with zero attached hydrogens (tertiary/aromatic N) is 2. The number of halogens is 2. The summed E-state index contributed by atoms with van der Waals surface area (Å²) >= 11 is 0.874. The predicted octanol–water partition coefficient (Wildman–Crippen LogP) is 4.78. The molecule has 0 saturated carbocycles. The van der Waals surface area contributed by atoms with Crippen LogP contribution in [-0.4, -0.2) is 24.4 Å². The lowest BCUT2D eigenvalue weighted by atomic mass is 10.2. The number of anilines is 1. The Bertz CT molecular complexity index is 1520. The quantitative estimate of drug-likeness (QED) is 0.267. The minimum Gasteiger partial charge on any atom is -0.334 e. The number of carbonyl (C=O) groups is 1. The molecule has 4 rings (SSSR count). The highest BCUT2D eigenvalue weighted by molar-refractivity contribution is 7.90. The lowest BCUT2D eigenvalue weighted by molar-refractivity contribution is -0.385. The summed E-state index contributed by atoms with van der Waals surface area (Å²) in [6.45, 7) is -0.169. The van der Waals surface area contributed by atoms with Crippen LogP contribution in [0.3, 0.4) is 0 Å². The Morgan fingerprint density at radius 2 is 1.74 bits per heavy atom. The number of rotatable bonds is 7. The van der Waals surface area contributed by atoms with E-state index in [4.69, 9.17) is 0 Å². The van der Waals surface area contributed by atoms with Gasteiger partial charge in [-0.2, -0.15) is 0 Å². The van der Waals surface area contributed by atoms with Gasteiger partial charge in [-0.15, -0.1) is 0 Å². The maximum absolute atomic E-state index is 13.3. The van der Waals surface area contributed by atoms with Gasteiger partial charge in [-0.25, -0.2) is 27.0 Å². The second kappa shape index (κ2) is 9.72. The zero-order valence-corrected chi connectivity index (χ0v) is 19.3. The van der Waals surface area contributed by atoms with Crippen molar-refractivity contribution in [2.75, 3.05) is 5.32 Å². The zero-order chi connectivity index (χ0) is 25.2. The number of benzene rings is 3. The van der Waals surface area contributed by atoms with Crippen LogP contribution >= 0.6 is 11.3 Å². The molecule has 0 atom stereocenters. The van der Waals surface area contributed by atoms with Crippen molar-refractivity contribution in [1.29, 1.82) is 0 Å². The molecule has 0 spiro atoms. The SMILES string of the molecule is O=C(NCc1cc(F)cc(F)c1)Nc1nc2ccc([N+](=O)[O-])c(CS(=O)(=O)c3ccccc3)c2s1. The third-order valence-corrected chi connectivity index (χ3v) is 7.57. The molecule has 0 aliphatic carbocycles. The number of hydrogen-bond donors (Lipinski definition) is 2. The molecule has 0 bridgehead atoms. The van der Waals surface area contributed by atoms with Crippen molar-refractivity contribution in [2.45, 2.75) is 17.2 Å². The predicted molar refractivity (Wildman–Crippen MR) is 126 cm³/mol. The average Bonchev–Trinajstić information content (AvgIpc) is 3.20. The fourth-order valence-corrected chi connectivity index (χ4v) is 5.84. The largest absolute Gasteiger partial charge is 0.334 e. The van der Waals surface area contributed by atoms with Gasteiger partial charge in [0.2, 0.25) is 0 Å². The smallest absolute Gasteiger partial charge is 0.321 e. The maximum atomic E-state index is 13.3. The molecule has 1 aromatic heterocycles. The standard InChI is InChI=1S/C22H16F2N4O5S2/c23-14-8-13(9-15(24)10-14)11-25-21(29)27-22-26-18-6-7-19(28(30)31)17(20(18)34-22)12-35(32,33)16-4-2-1-3-5-16/h1-10H,11-12H2,(H2,25,26,27,29). The van der Waals surface area contributed by atoms with E-state index < -0.39 is 38.2 Å². The summed E-state index contributed by atoms with van der Waals surface area (Å²) in [5, 5.41) is 16.5. The molecule has 0 saturated heterocycles. The second-order valence-electron chi connectivity index (χ2n) is 7.35. The van der Waals surface area contributed by atoms with Gasteiger partial charge in [-0.3, -0.25) is 15.4 Å². The fourth-order valence-electron chi connectivity index (χ4n) is 3.34. The summed E-state index contributed by atoms with van der Waals surface area (Å²) in [5.74, 6) is -2.20. The minimum atomic E-state index is -3.91. The van der Waals surface area contributed by atoms with E-state index in [2.05, 4.69) is 15.6 Å². The number of amides is 2. The highest BCUT2D eigenvalue weighted by atomic mass is 32.2. The van der Waals surface area contributed by atoms with E-state index in [1.807, 2.05) is 0 Å². The van der Waals surface area contributed by atoms with Crippen LogP contribution in [0.15, 0.2) is 65.6 Å². The topological polar surface area (TPSA) is 131 Å². The van der Waals surface area contributed by atoms with E-state index in [1.165, 1.54) is 24.3 Å². The van der Waals surface area contributed by atoms with E-state index in [9.17, 15) is 32.1 Å². The van der Waals surface area contributed by atoms with Crippen LogP contribution in [-0.2, 0) is 22.1 Å². The number of nitro groups is 1. The zero-order valence-electron chi connectivity index (χ0n) is 17.7. The molecule has 3 aromatic carbocycles. The molecule has 0 fully saturated rings. The average molecular weight is 519 g/mol. The van der Waals surface area contributed by atoms with Crippen LogP contribution in [0, 0.1) is 21.7 Å². The van der Waals surface area contributed by atoms with Gasteiger partial charge in [-0.1, -0.05) is 29.5 Å². The molecule has 0 unspecified atom stereocenters. The summed E-state index contributed by atoms with van der Waals surface area (Å²) in [6.07, 6.45) is 0. The van der Waals surface area contributed by atoms with Gasteiger partial charge in [0.25, 0.3) is 5.69 Å². The van der Waals surface area contributed by atoms with Crippen molar-refractivity contribution in [3.8, 4) is 0 Å². The summed E-state index contributed by atoms with van der Waals surface area (Å²) in [5.41, 5.74) is 0.0367. The Kier molecular flexibility index (Phi) is 6.71. The number of hydrogen-bond acceptors (Lipinski definition) is 7. The normalized spacial score (nSPS) is 11.4. The van der Waals surface area contributed by atoms with Gasteiger partial charge >= 0.3 is 6.03 Å².